The Morgan fingerprint density at radius 1 is 1.26 bits per heavy atom. The van der Waals surface area contributed by atoms with Gasteiger partial charge in [-0.3, -0.25) is 0 Å². The molecule has 0 amide bonds. The molecule has 0 spiro atoms. The Bertz CT molecular complexity index is 415. The van der Waals surface area contributed by atoms with Gasteiger partial charge in [0.1, 0.15) is 5.60 Å². The molecule has 0 N–H and O–H groups in total. The van der Waals surface area contributed by atoms with Crippen LogP contribution in [0.3, 0.4) is 0 Å². The summed E-state index contributed by atoms with van der Waals surface area (Å²) in [5, 5.41) is 0. The fourth-order valence-corrected chi connectivity index (χ4v) is 3.49. The van der Waals surface area contributed by atoms with Gasteiger partial charge in [0.15, 0.2) is 0 Å². The zero-order chi connectivity index (χ0) is 13.9. The van der Waals surface area contributed by atoms with E-state index in [2.05, 4.69) is 38.1 Å². The van der Waals surface area contributed by atoms with Crippen LogP contribution in [0.15, 0.2) is 24.3 Å². The van der Waals surface area contributed by atoms with Crippen LogP contribution in [0.1, 0.15) is 56.6 Å². The van der Waals surface area contributed by atoms with Gasteiger partial charge in [-0.15, -0.1) is 0 Å². The van der Waals surface area contributed by atoms with E-state index in [0.717, 1.165) is 19.3 Å². The monoisotopic (exact) mass is 262 g/mol. The molecule has 2 nitrogen and oxygen atoms in total. The third-order valence-electron chi connectivity index (χ3n) is 4.59. The van der Waals surface area contributed by atoms with Crippen LogP contribution in [-0.4, -0.2) is 20.3 Å². The number of methoxy groups -OCH3 is 2. The standard InChI is InChI=1S/C17H26O2/c1-5-6-11-17(19-4)15-10-8-7-9-14(15)13(2)12-16(17)18-3/h7-10,13,16H,5-6,11-12H2,1-4H3. The van der Waals surface area contributed by atoms with Gasteiger partial charge < -0.3 is 9.47 Å². The fraction of sp³-hybridized carbons (Fsp3) is 0.647. The number of fused-ring (bicyclic) bond motifs is 1. The van der Waals surface area contributed by atoms with Crippen molar-refractivity contribution in [3.05, 3.63) is 35.4 Å². The summed E-state index contributed by atoms with van der Waals surface area (Å²) in [6.45, 7) is 4.51. The molecule has 3 atom stereocenters. The molecule has 0 heterocycles. The Labute approximate surface area is 117 Å². The predicted octanol–water partition coefficient (Wildman–Crippen LogP) is 4.24. The van der Waals surface area contributed by atoms with Crippen LogP contribution in [-0.2, 0) is 15.1 Å². The van der Waals surface area contributed by atoms with Gasteiger partial charge in [-0.05, 0) is 29.9 Å². The average molecular weight is 262 g/mol. The van der Waals surface area contributed by atoms with E-state index in [4.69, 9.17) is 9.47 Å². The topological polar surface area (TPSA) is 18.5 Å². The number of benzene rings is 1. The van der Waals surface area contributed by atoms with Gasteiger partial charge >= 0.3 is 0 Å². The van der Waals surface area contributed by atoms with Crippen LogP contribution in [0.5, 0.6) is 0 Å². The van der Waals surface area contributed by atoms with Crippen molar-refractivity contribution in [1.82, 2.24) is 0 Å². The number of ether oxygens (including phenoxy) is 2. The number of unbranched alkanes of at least 4 members (excludes halogenated alkanes) is 1. The predicted molar refractivity (Wildman–Crippen MR) is 78.5 cm³/mol. The first-order valence-electron chi connectivity index (χ1n) is 7.37. The van der Waals surface area contributed by atoms with Crippen LogP contribution in [0.2, 0.25) is 0 Å². The maximum Gasteiger partial charge on any atom is 0.119 e. The lowest BCUT2D eigenvalue weighted by Crippen LogP contribution is -2.47. The van der Waals surface area contributed by atoms with Crippen LogP contribution in [0, 0.1) is 0 Å². The summed E-state index contributed by atoms with van der Waals surface area (Å²) >= 11 is 0. The SMILES string of the molecule is CCCCC1(OC)c2ccccc2C(C)CC1OC. The quantitative estimate of drug-likeness (QED) is 0.790. The molecule has 0 bridgehead atoms. The lowest BCUT2D eigenvalue weighted by Gasteiger charge is -2.45. The van der Waals surface area contributed by atoms with Crippen LogP contribution >= 0.6 is 0 Å². The van der Waals surface area contributed by atoms with Crippen molar-refractivity contribution >= 4 is 0 Å². The van der Waals surface area contributed by atoms with Crippen LogP contribution < -0.4 is 0 Å². The fourth-order valence-electron chi connectivity index (χ4n) is 3.49. The second-order valence-corrected chi connectivity index (χ2v) is 5.65. The summed E-state index contributed by atoms with van der Waals surface area (Å²) in [6, 6.07) is 8.70. The smallest absolute Gasteiger partial charge is 0.119 e. The summed E-state index contributed by atoms with van der Waals surface area (Å²) < 4.78 is 11.8. The number of rotatable bonds is 5. The normalized spacial score (nSPS) is 30.1. The number of hydrogen-bond acceptors (Lipinski definition) is 2. The highest BCUT2D eigenvalue weighted by atomic mass is 16.5. The van der Waals surface area contributed by atoms with E-state index >= 15 is 0 Å². The molecule has 1 aromatic carbocycles. The van der Waals surface area contributed by atoms with Gasteiger partial charge in [0.2, 0.25) is 0 Å². The van der Waals surface area contributed by atoms with Crippen molar-refractivity contribution in [2.75, 3.05) is 14.2 Å². The molecule has 0 fully saturated rings. The van der Waals surface area contributed by atoms with E-state index in [1.807, 2.05) is 14.2 Å². The molecule has 1 aliphatic carbocycles. The average Bonchev–Trinajstić information content (AvgIpc) is 2.46. The highest BCUT2D eigenvalue weighted by Gasteiger charge is 2.46. The highest BCUT2D eigenvalue weighted by molar-refractivity contribution is 5.39. The van der Waals surface area contributed by atoms with Crippen molar-refractivity contribution in [3.8, 4) is 0 Å². The van der Waals surface area contributed by atoms with Gasteiger partial charge in [0.25, 0.3) is 0 Å². The Kier molecular flexibility index (Phi) is 4.64. The van der Waals surface area contributed by atoms with E-state index in [0.29, 0.717) is 5.92 Å². The lowest BCUT2D eigenvalue weighted by molar-refractivity contribution is -0.140. The first-order chi connectivity index (χ1) is 9.19. The van der Waals surface area contributed by atoms with Gasteiger partial charge in [-0.25, -0.2) is 0 Å². The molecule has 0 saturated carbocycles. The zero-order valence-corrected chi connectivity index (χ0v) is 12.6. The molecule has 2 heteroatoms. The molecule has 0 aromatic heterocycles. The third-order valence-corrected chi connectivity index (χ3v) is 4.59. The van der Waals surface area contributed by atoms with Crippen molar-refractivity contribution in [3.63, 3.8) is 0 Å². The molecule has 1 aromatic rings. The second-order valence-electron chi connectivity index (χ2n) is 5.65. The van der Waals surface area contributed by atoms with Crippen molar-refractivity contribution in [2.24, 2.45) is 0 Å². The van der Waals surface area contributed by atoms with Gasteiger partial charge in [0.05, 0.1) is 6.10 Å². The minimum Gasteiger partial charge on any atom is -0.378 e. The molecule has 106 valence electrons. The molecular weight excluding hydrogens is 236 g/mol. The van der Waals surface area contributed by atoms with Crippen molar-refractivity contribution < 1.29 is 9.47 Å². The Hall–Kier alpha value is -0.860. The zero-order valence-electron chi connectivity index (χ0n) is 12.6. The molecule has 0 radical (unpaired) electrons. The van der Waals surface area contributed by atoms with Gasteiger partial charge in [0, 0.05) is 14.2 Å². The van der Waals surface area contributed by atoms with Crippen molar-refractivity contribution in [2.45, 2.75) is 57.2 Å². The molecule has 3 unspecified atom stereocenters. The minimum absolute atomic E-state index is 0.147. The summed E-state index contributed by atoms with van der Waals surface area (Å²) in [5.74, 6) is 0.533. The van der Waals surface area contributed by atoms with E-state index in [1.165, 1.54) is 17.5 Å². The second kappa shape index (κ2) is 6.06. The first-order valence-corrected chi connectivity index (χ1v) is 7.37. The largest absolute Gasteiger partial charge is 0.378 e. The molecular formula is C17H26O2. The third kappa shape index (κ3) is 2.44. The van der Waals surface area contributed by atoms with Gasteiger partial charge in [-0.1, -0.05) is 51.0 Å². The van der Waals surface area contributed by atoms with E-state index in [9.17, 15) is 0 Å². The van der Waals surface area contributed by atoms with E-state index < -0.39 is 0 Å². The number of hydrogen-bond donors (Lipinski definition) is 0. The minimum atomic E-state index is -0.270. The van der Waals surface area contributed by atoms with E-state index in [1.54, 1.807) is 0 Å². The van der Waals surface area contributed by atoms with Gasteiger partial charge in [-0.2, -0.15) is 0 Å². The highest BCUT2D eigenvalue weighted by Crippen LogP contribution is 2.47. The Morgan fingerprint density at radius 3 is 2.63 bits per heavy atom. The molecule has 0 aliphatic heterocycles. The molecule has 2 rings (SSSR count). The summed E-state index contributed by atoms with van der Waals surface area (Å²) in [4.78, 5) is 0. The Morgan fingerprint density at radius 2 is 2.00 bits per heavy atom. The van der Waals surface area contributed by atoms with E-state index in [-0.39, 0.29) is 11.7 Å². The molecule has 0 saturated heterocycles. The Balaban J connectivity index is 2.49. The molecule has 1 aliphatic rings. The van der Waals surface area contributed by atoms with Crippen LogP contribution in [0.25, 0.3) is 0 Å². The summed E-state index contributed by atoms with van der Waals surface area (Å²) in [7, 11) is 3.64. The molecule has 19 heavy (non-hydrogen) atoms. The first kappa shape index (κ1) is 14.5. The van der Waals surface area contributed by atoms with Crippen LogP contribution in [0.4, 0.5) is 0 Å². The summed E-state index contributed by atoms with van der Waals surface area (Å²) in [6.07, 6.45) is 4.55. The lowest BCUT2D eigenvalue weighted by atomic mass is 9.70. The maximum absolute atomic E-state index is 6.03. The summed E-state index contributed by atoms with van der Waals surface area (Å²) in [5.41, 5.74) is 2.48. The van der Waals surface area contributed by atoms with Crippen molar-refractivity contribution in [1.29, 1.82) is 0 Å². The maximum atomic E-state index is 6.03.